The molecule has 0 spiro atoms. The second kappa shape index (κ2) is 7.47. The molecule has 0 amide bonds. The number of benzene rings is 1. The number of halogens is 1. The molecule has 0 atom stereocenters. The zero-order valence-corrected chi connectivity index (χ0v) is 13.3. The second-order valence-corrected chi connectivity index (χ2v) is 4.53. The molecule has 0 saturated carbocycles. The third kappa shape index (κ3) is 3.59. The highest BCUT2D eigenvalue weighted by Gasteiger charge is 2.31. The van der Waals surface area contributed by atoms with Crippen molar-refractivity contribution in [2.24, 2.45) is 0 Å². The fourth-order valence-corrected chi connectivity index (χ4v) is 1.99. The highest BCUT2D eigenvalue weighted by molar-refractivity contribution is 6.01. The molecule has 0 N–H and O–H groups in total. The summed E-state index contributed by atoms with van der Waals surface area (Å²) in [5.74, 6) is -2.77. The van der Waals surface area contributed by atoms with Crippen LogP contribution in [-0.4, -0.2) is 45.1 Å². The third-order valence-electron chi connectivity index (χ3n) is 2.97. The Morgan fingerprint density at radius 2 is 1.88 bits per heavy atom. The number of carbonyl (C=O) groups excluding carboxylic acids is 2. The first-order valence-electron chi connectivity index (χ1n) is 7.14. The molecule has 0 aliphatic rings. The van der Waals surface area contributed by atoms with Crippen molar-refractivity contribution in [2.75, 3.05) is 13.2 Å². The molecule has 2 rings (SSSR count). The number of aromatic nitrogens is 3. The first-order valence-corrected chi connectivity index (χ1v) is 7.14. The van der Waals surface area contributed by atoms with Gasteiger partial charge in [0.25, 0.3) is 5.69 Å². The van der Waals surface area contributed by atoms with E-state index in [9.17, 15) is 24.1 Å². The fraction of sp³-hybridized carbons (Fsp3) is 0.286. The van der Waals surface area contributed by atoms with Crippen molar-refractivity contribution in [1.29, 1.82) is 0 Å². The van der Waals surface area contributed by atoms with Crippen LogP contribution in [0.4, 0.5) is 10.1 Å². The summed E-state index contributed by atoms with van der Waals surface area (Å²) in [5, 5.41) is 18.3. The first-order chi connectivity index (χ1) is 11.9. The molecular weight excluding hydrogens is 339 g/mol. The van der Waals surface area contributed by atoms with Gasteiger partial charge in [0.2, 0.25) is 5.69 Å². The zero-order valence-electron chi connectivity index (χ0n) is 13.3. The van der Waals surface area contributed by atoms with Gasteiger partial charge in [-0.3, -0.25) is 10.1 Å². The Labute approximate surface area is 140 Å². The molecule has 0 bridgehead atoms. The Morgan fingerprint density at radius 1 is 1.24 bits per heavy atom. The van der Waals surface area contributed by atoms with Crippen LogP contribution in [-0.2, 0) is 9.47 Å². The lowest BCUT2D eigenvalue weighted by molar-refractivity contribution is -0.384. The largest absolute Gasteiger partial charge is 0.461 e. The topological polar surface area (TPSA) is 126 Å². The minimum absolute atomic E-state index is 0.0161. The van der Waals surface area contributed by atoms with E-state index >= 15 is 0 Å². The summed E-state index contributed by atoms with van der Waals surface area (Å²) in [5.41, 5.74) is -1.82. The van der Waals surface area contributed by atoms with Gasteiger partial charge in [-0.25, -0.2) is 14.0 Å². The average Bonchev–Trinajstić information content (AvgIpc) is 3.00. The van der Waals surface area contributed by atoms with Gasteiger partial charge in [0, 0.05) is 0 Å². The summed E-state index contributed by atoms with van der Waals surface area (Å²) >= 11 is 0. The van der Waals surface area contributed by atoms with Gasteiger partial charge in [0.1, 0.15) is 11.5 Å². The van der Waals surface area contributed by atoms with Gasteiger partial charge in [0.05, 0.1) is 24.2 Å². The lowest BCUT2D eigenvalue weighted by Crippen LogP contribution is -2.18. The number of nitro benzene ring substituents is 1. The van der Waals surface area contributed by atoms with Crippen LogP contribution in [0.1, 0.15) is 34.8 Å². The van der Waals surface area contributed by atoms with Gasteiger partial charge in [-0.2, -0.15) is 4.68 Å². The van der Waals surface area contributed by atoms with Crippen LogP contribution < -0.4 is 0 Å². The number of nitro groups is 1. The van der Waals surface area contributed by atoms with E-state index in [0.29, 0.717) is 6.07 Å². The van der Waals surface area contributed by atoms with Gasteiger partial charge in [0.15, 0.2) is 5.69 Å². The van der Waals surface area contributed by atoms with E-state index in [1.165, 1.54) is 6.92 Å². The minimum atomic E-state index is -0.978. The Bertz CT molecular complexity index is 835. The van der Waals surface area contributed by atoms with Gasteiger partial charge < -0.3 is 9.47 Å². The molecule has 132 valence electrons. The smallest absolute Gasteiger partial charge is 0.361 e. The summed E-state index contributed by atoms with van der Waals surface area (Å²) in [7, 11) is 0. The molecule has 0 aliphatic heterocycles. The number of rotatable bonds is 6. The normalized spacial score (nSPS) is 10.4. The Hall–Kier alpha value is -3.37. The Balaban J connectivity index is 2.68. The van der Waals surface area contributed by atoms with Crippen molar-refractivity contribution in [3.8, 4) is 5.69 Å². The lowest BCUT2D eigenvalue weighted by atomic mass is 10.2. The summed E-state index contributed by atoms with van der Waals surface area (Å²) in [6.07, 6.45) is 0. The number of hydrogen-bond acceptors (Lipinski definition) is 8. The van der Waals surface area contributed by atoms with E-state index in [0.717, 1.165) is 16.8 Å². The maximum absolute atomic E-state index is 13.3. The number of hydrogen-bond donors (Lipinski definition) is 0. The van der Waals surface area contributed by atoms with Crippen molar-refractivity contribution >= 4 is 17.6 Å². The van der Waals surface area contributed by atoms with Crippen molar-refractivity contribution < 1.29 is 28.4 Å². The van der Waals surface area contributed by atoms with Crippen molar-refractivity contribution in [2.45, 2.75) is 13.8 Å². The maximum atomic E-state index is 13.3. The second-order valence-electron chi connectivity index (χ2n) is 4.53. The molecular formula is C14H13FN4O6. The molecule has 1 aromatic heterocycles. The average molecular weight is 352 g/mol. The predicted octanol–water partition coefficient (Wildman–Crippen LogP) is 1.67. The van der Waals surface area contributed by atoms with Gasteiger partial charge in [-0.15, -0.1) is 5.10 Å². The van der Waals surface area contributed by atoms with Crippen LogP contribution in [0, 0.1) is 15.9 Å². The van der Waals surface area contributed by atoms with Crippen LogP contribution in [0.25, 0.3) is 5.69 Å². The molecule has 2 aromatic rings. The monoisotopic (exact) mass is 352 g/mol. The number of esters is 2. The van der Waals surface area contributed by atoms with Crippen LogP contribution in [0.5, 0.6) is 0 Å². The molecule has 25 heavy (non-hydrogen) atoms. The fourth-order valence-electron chi connectivity index (χ4n) is 1.99. The van der Waals surface area contributed by atoms with Gasteiger partial charge in [-0.1, -0.05) is 5.21 Å². The van der Waals surface area contributed by atoms with E-state index in [1.807, 2.05) is 0 Å². The van der Waals surface area contributed by atoms with E-state index in [1.54, 1.807) is 6.92 Å². The standard InChI is InChI=1S/C14H13FN4O6/c1-3-24-13(20)11-12(14(21)25-4-2)18(17-16-11)9-6-5-8(15)7-10(9)19(22)23/h5-7H,3-4H2,1-2H3. The quantitative estimate of drug-likeness (QED) is 0.436. The zero-order chi connectivity index (χ0) is 18.6. The first kappa shape index (κ1) is 18.0. The molecule has 0 radical (unpaired) electrons. The van der Waals surface area contributed by atoms with E-state index in [-0.39, 0.29) is 18.9 Å². The van der Waals surface area contributed by atoms with Crippen LogP contribution in [0.15, 0.2) is 18.2 Å². The SMILES string of the molecule is CCOC(=O)c1nnn(-c2ccc(F)cc2[N+](=O)[O-])c1C(=O)OCC. The van der Waals surface area contributed by atoms with Crippen molar-refractivity contribution in [3.05, 3.63) is 45.5 Å². The number of ether oxygens (including phenoxy) is 2. The highest BCUT2D eigenvalue weighted by atomic mass is 19.1. The predicted molar refractivity (Wildman–Crippen MR) is 79.9 cm³/mol. The number of nitrogens with zero attached hydrogens (tertiary/aromatic N) is 4. The molecule has 10 nitrogen and oxygen atoms in total. The maximum Gasteiger partial charge on any atom is 0.361 e. The molecule has 1 aromatic carbocycles. The summed E-state index contributed by atoms with van der Waals surface area (Å²) in [4.78, 5) is 34.5. The molecule has 0 aliphatic carbocycles. The van der Waals surface area contributed by atoms with Crippen LogP contribution >= 0.6 is 0 Å². The third-order valence-corrected chi connectivity index (χ3v) is 2.97. The van der Waals surface area contributed by atoms with E-state index in [2.05, 4.69) is 10.3 Å². The summed E-state index contributed by atoms with van der Waals surface area (Å²) in [6, 6.07) is 2.65. The Kier molecular flexibility index (Phi) is 5.37. The molecule has 0 unspecified atom stereocenters. The highest BCUT2D eigenvalue weighted by Crippen LogP contribution is 2.25. The van der Waals surface area contributed by atoms with Crippen LogP contribution in [0.3, 0.4) is 0 Å². The number of carbonyl (C=O) groups is 2. The molecule has 1 heterocycles. The van der Waals surface area contributed by atoms with Gasteiger partial charge in [-0.05, 0) is 26.0 Å². The van der Waals surface area contributed by atoms with Crippen LogP contribution in [0.2, 0.25) is 0 Å². The van der Waals surface area contributed by atoms with Crippen molar-refractivity contribution in [3.63, 3.8) is 0 Å². The minimum Gasteiger partial charge on any atom is -0.461 e. The van der Waals surface area contributed by atoms with Crippen molar-refractivity contribution in [1.82, 2.24) is 15.0 Å². The molecule has 0 fully saturated rings. The Morgan fingerprint density at radius 3 is 2.48 bits per heavy atom. The summed E-state index contributed by atoms with van der Waals surface area (Å²) in [6.45, 7) is 3.09. The van der Waals surface area contributed by atoms with E-state index in [4.69, 9.17) is 9.47 Å². The van der Waals surface area contributed by atoms with Gasteiger partial charge >= 0.3 is 11.9 Å². The molecule has 11 heteroatoms. The van der Waals surface area contributed by atoms with E-state index < -0.39 is 39.8 Å². The lowest BCUT2D eigenvalue weighted by Gasteiger charge is -2.08. The molecule has 0 saturated heterocycles. The summed E-state index contributed by atoms with van der Waals surface area (Å²) < 4.78 is 23.7.